The number of benzene rings is 1. The molecule has 1 N–H and O–H groups in total. The minimum absolute atomic E-state index is 0.317. The Hall–Kier alpha value is -2.56. The van der Waals surface area contributed by atoms with Gasteiger partial charge in [-0.05, 0) is 31.1 Å². The van der Waals surface area contributed by atoms with Crippen LogP contribution in [0.25, 0.3) is 17.0 Å². The number of fused-ring (bicyclic) bond motifs is 1. The van der Waals surface area contributed by atoms with Gasteiger partial charge in [-0.3, -0.25) is 4.79 Å². The summed E-state index contributed by atoms with van der Waals surface area (Å²) in [6.45, 7) is 0. The Morgan fingerprint density at radius 1 is 1.21 bits per heavy atom. The van der Waals surface area contributed by atoms with Crippen LogP contribution in [0.4, 0.5) is 0 Å². The van der Waals surface area contributed by atoms with Crippen molar-refractivity contribution < 1.29 is 18.7 Å². The highest BCUT2D eigenvalue weighted by Gasteiger charge is 2.41. The first-order valence-corrected chi connectivity index (χ1v) is 8.20. The summed E-state index contributed by atoms with van der Waals surface area (Å²) >= 11 is 0. The Morgan fingerprint density at radius 3 is 2.67 bits per heavy atom. The second-order valence-electron chi connectivity index (χ2n) is 6.14. The molecular formula is C19H21NO4. The van der Waals surface area contributed by atoms with Crippen LogP contribution in [0.3, 0.4) is 0 Å². The molecule has 1 amide bonds. The summed E-state index contributed by atoms with van der Waals surface area (Å²) in [4.78, 5) is 24.4. The number of amides is 1. The zero-order valence-corrected chi connectivity index (χ0v) is 13.7. The standard InChI is InChI=1S/C19H21NO4/c1-23-18(22)19(11-5-2-6-12-19)20-17(21)10-9-15-13-14-7-3-4-8-16(14)24-15/h3-4,7-10,13H,2,5-6,11-12H2,1H3,(H,20,21)/b10-9+. The highest BCUT2D eigenvalue weighted by Crippen LogP contribution is 2.29. The molecule has 0 bridgehead atoms. The molecule has 0 unspecified atom stereocenters. The number of ether oxygens (including phenoxy) is 1. The van der Waals surface area contributed by atoms with Gasteiger partial charge >= 0.3 is 5.97 Å². The van der Waals surface area contributed by atoms with Crippen LogP contribution >= 0.6 is 0 Å². The van der Waals surface area contributed by atoms with Gasteiger partial charge in [0.15, 0.2) is 0 Å². The number of furan rings is 1. The SMILES string of the molecule is COC(=O)C1(NC(=O)/C=C/c2cc3ccccc3o2)CCCCC1. The lowest BCUT2D eigenvalue weighted by Crippen LogP contribution is -2.55. The maximum Gasteiger partial charge on any atom is 0.331 e. The first-order chi connectivity index (χ1) is 11.6. The van der Waals surface area contributed by atoms with Gasteiger partial charge in [0, 0.05) is 11.5 Å². The topological polar surface area (TPSA) is 68.5 Å². The maximum atomic E-state index is 12.3. The lowest BCUT2D eigenvalue weighted by molar-refractivity contribution is -0.152. The lowest BCUT2D eigenvalue weighted by atomic mass is 9.81. The van der Waals surface area contributed by atoms with Crippen molar-refractivity contribution in [2.24, 2.45) is 0 Å². The van der Waals surface area contributed by atoms with E-state index in [0.717, 1.165) is 30.2 Å². The van der Waals surface area contributed by atoms with E-state index in [2.05, 4.69) is 5.32 Å². The molecule has 126 valence electrons. The molecule has 1 aliphatic carbocycles. The van der Waals surface area contributed by atoms with Crippen LogP contribution in [0.5, 0.6) is 0 Å². The molecule has 3 rings (SSSR count). The number of hydrogen-bond acceptors (Lipinski definition) is 4. The van der Waals surface area contributed by atoms with Crippen LogP contribution in [-0.4, -0.2) is 24.5 Å². The number of para-hydroxylation sites is 1. The Morgan fingerprint density at radius 2 is 1.96 bits per heavy atom. The summed E-state index contributed by atoms with van der Waals surface area (Å²) < 4.78 is 10.5. The van der Waals surface area contributed by atoms with Crippen molar-refractivity contribution in [3.8, 4) is 0 Å². The Balaban J connectivity index is 1.72. The largest absolute Gasteiger partial charge is 0.467 e. The molecule has 0 aliphatic heterocycles. The second kappa shape index (κ2) is 6.91. The molecular weight excluding hydrogens is 306 g/mol. The van der Waals surface area contributed by atoms with E-state index in [9.17, 15) is 9.59 Å². The van der Waals surface area contributed by atoms with E-state index in [4.69, 9.17) is 9.15 Å². The first kappa shape index (κ1) is 16.3. The number of methoxy groups -OCH3 is 1. The van der Waals surface area contributed by atoms with Crippen molar-refractivity contribution in [1.82, 2.24) is 5.32 Å². The minimum atomic E-state index is -0.900. The Labute approximate surface area is 140 Å². The van der Waals surface area contributed by atoms with Crippen molar-refractivity contribution in [1.29, 1.82) is 0 Å². The molecule has 1 saturated carbocycles. The molecule has 0 radical (unpaired) electrons. The predicted molar refractivity (Wildman–Crippen MR) is 91.2 cm³/mol. The van der Waals surface area contributed by atoms with E-state index in [0.29, 0.717) is 18.6 Å². The van der Waals surface area contributed by atoms with Gasteiger partial charge in [-0.2, -0.15) is 0 Å². The molecule has 1 aromatic carbocycles. The van der Waals surface area contributed by atoms with Gasteiger partial charge in [0.25, 0.3) is 0 Å². The van der Waals surface area contributed by atoms with Gasteiger partial charge in [0.1, 0.15) is 16.9 Å². The van der Waals surface area contributed by atoms with E-state index in [1.807, 2.05) is 30.3 Å². The Kier molecular flexibility index (Phi) is 4.69. The van der Waals surface area contributed by atoms with E-state index in [-0.39, 0.29) is 11.9 Å². The van der Waals surface area contributed by atoms with Gasteiger partial charge in [-0.1, -0.05) is 37.5 Å². The molecule has 1 heterocycles. The monoisotopic (exact) mass is 327 g/mol. The van der Waals surface area contributed by atoms with Crippen molar-refractivity contribution in [3.05, 3.63) is 42.2 Å². The summed E-state index contributed by atoms with van der Waals surface area (Å²) in [5.41, 5.74) is -0.127. The third kappa shape index (κ3) is 3.35. The van der Waals surface area contributed by atoms with Gasteiger partial charge in [0.05, 0.1) is 7.11 Å². The van der Waals surface area contributed by atoms with Gasteiger partial charge in [-0.25, -0.2) is 4.79 Å². The van der Waals surface area contributed by atoms with Crippen LogP contribution in [0, 0.1) is 0 Å². The van der Waals surface area contributed by atoms with Crippen molar-refractivity contribution in [2.75, 3.05) is 7.11 Å². The van der Waals surface area contributed by atoms with Gasteiger partial charge in [0.2, 0.25) is 5.91 Å². The fourth-order valence-electron chi connectivity index (χ4n) is 3.25. The highest BCUT2D eigenvalue weighted by molar-refractivity contribution is 5.96. The number of carbonyl (C=O) groups excluding carboxylic acids is 2. The van der Waals surface area contributed by atoms with Crippen molar-refractivity contribution >= 4 is 28.9 Å². The third-order valence-corrected chi connectivity index (χ3v) is 4.49. The van der Waals surface area contributed by atoms with Crippen LogP contribution in [0.2, 0.25) is 0 Å². The summed E-state index contributed by atoms with van der Waals surface area (Å²) in [5.74, 6) is -0.0856. The third-order valence-electron chi connectivity index (χ3n) is 4.49. The second-order valence-corrected chi connectivity index (χ2v) is 6.14. The van der Waals surface area contributed by atoms with Crippen LogP contribution in [-0.2, 0) is 14.3 Å². The van der Waals surface area contributed by atoms with E-state index in [1.54, 1.807) is 6.08 Å². The molecule has 5 heteroatoms. The number of hydrogen-bond donors (Lipinski definition) is 1. The first-order valence-electron chi connectivity index (χ1n) is 8.20. The minimum Gasteiger partial charge on any atom is -0.467 e. The molecule has 0 atom stereocenters. The predicted octanol–water partition coefficient (Wildman–Crippen LogP) is 3.44. The fraction of sp³-hybridized carbons (Fsp3) is 0.368. The van der Waals surface area contributed by atoms with Crippen LogP contribution < -0.4 is 5.32 Å². The average Bonchev–Trinajstić information content (AvgIpc) is 3.03. The van der Waals surface area contributed by atoms with E-state index >= 15 is 0 Å². The smallest absolute Gasteiger partial charge is 0.331 e. The molecule has 0 spiro atoms. The Bertz CT molecular complexity index is 736. The molecule has 1 aromatic heterocycles. The summed E-state index contributed by atoms with van der Waals surface area (Å²) in [6.07, 6.45) is 7.13. The van der Waals surface area contributed by atoms with Gasteiger partial charge in [-0.15, -0.1) is 0 Å². The summed E-state index contributed by atoms with van der Waals surface area (Å²) in [7, 11) is 1.36. The lowest BCUT2D eigenvalue weighted by Gasteiger charge is -2.34. The molecule has 2 aromatic rings. The van der Waals surface area contributed by atoms with E-state index in [1.165, 1.54) is 13.2 Å². The highest BCUT2D eigenvalue weighted by atomic mass is 16.5. The number of carbonyl (C=O) groups is 2. The zero-order valence-electron chi connectivity index (χ0n) is 13.7. The molecule has 24 heavy (non-hydrogen) atoms. The number of nitrogens with one attached hydrogen (secondary N) is 1. The molecule has 0 saturated heterocycles. The number of rotatable bonds is 4. The molecule has 1 fully saturated rings. The van der Waals surface area contributed by atoms with Crippen LogP contribution in [0.1, 0.15) is 37.9 Å². The summed E-state index contributed by atoms with van der Waals surface area (Å²) in [5, 5.41) is 3.83. The van der Waals surface area contributed by atoms with Crippen LogP contribution in [0.15, 0.2) is 40.8 Å². The zero-order chi connectivity index (χ0) is 17.0. The van der Waals surface area contributed by atoms with Crippen molar-refractivity contribution in [2.45, 2.75) is 37.6 Å². The van der Waals surface area contributed by atoms with Crippen molar-refractivity contribution in [3.63, 3.8) is 0 Å². The number of esters is 1. The average molecular weight is 327 g/mol. The summed E-state index contributed by atoms with van der Waals surface area (Å²) in [6, 6.07) is 9.53. The molecule has 1 aliphatic rings. The maximum absolute atomic E-state index is 12.3. The normalized spacial score (nSPS) is 17.0. The van der Waals surface area contributed by atoms with Gasteiger partial charge < -0.3 is 14.5 Å². The molecule has 5 nitrogen and oxygen atoms in total. The quantitative estimate of drug-likeness (QED) is 0.690. The van der Waals surface area contributed by atoms with E-state index < -0.39 is 5.54 Å². The fourth-order valence-corrected chi connectivity index (χ4v) is 3.25.